The van der Waals surface area contributed by atoms with E-state index in [-0.39, 0.29) is 17.7 Å². The van der Waals surface area contributed by atoms with Crippen LogP contribution < -0.4 is 11.1 Å². The molecule has 1 aromatic carbocycles. The first-order valence-electron chi connectivity index (χ1n) is 7.19. The van der Waals surface area contributed by atoms with Gasteiger partial charge in [-0.25, -0.2) is 0 Å². The summed E-state index contributed by atoms with van der Waals surface area (Å²) < 4.78 is 0. The van der Waals surface area contributed by atoms with Crippen LogP contribution in [0.4, 0.5) is 0 Å². The zero-order valence-corrected chi connectivity index (χ0v) is 12.2. The van der Waals surface area contributed by atoms with Gasteiger partial charge in [0.05, 0.1) is 0 Å². The van der Waals surface area contributed by atoms with Crippen molar-refractivity contribution >= 4 is 11.8 Å². The number of pyridine rings is 1. The second-order valence-electron chi connectivity index (χ2n) is 5.05. The Labute approximate surface area is 129 Å². The van der Waals surface area contributed by atoms with Gasteiger partial charge < -0.3 is 11.1 Å². The zero-order valence-electron chi connectivity index (χ0n) is 12.2. The molecule has 22 heavy (non-hydrogen) atoms. The molecule has 5 nitrogen and oxygen atoms in total. The van der Waals surface area contributed by atoms with Gasteiger partial charge in [0.25, 0.3) is 5.91 Å². The minimum atomic E-state index is -0.351. The number of amides is 2. The number of hydrogen-bond donors (Lipinski definition) is 2. The Bertz CT molecular complexity index is 614. The number of carbonyl (C=O) groups excluding carboxylic acids is 2. The lowest BCUT2D eigenvalue weighted by atomic mass is 9.95. The van der Waals surface area contributed by atoms with Crippen molar-refractivity contribution < 1.29 is 9.59 Å². The highest BCUT2D eigenvalue weighted by atomic mass is 16.2. The first kappa shape index (κ1) is 15.7. The van der Waals surface area contributed by atoms with E-state index in [9.17, 15) is 9.59 Å². The molecule has 0 saturated heterocycles. The molecule has 0 aliphatic carbocycles. The fraction of sp³-hybridized carbons (Fsp3) is 0.235. The summed E-state index contributed by atoms with van der Waals surface area (Å²) in [5.74, 6) is -0.897. The second kappa shape index (κ2) is 7.93. The van der Waals surface area contributed by atoms with Crippen LogP contribution in [0.2, 0.25) is 0 Å². The van der Waals surface area contributed by atoms with Gasteiger partial charge in [-0.2, -0.15) is 0 Å². The molecule has 1 aromatic heterocycles. The van der Waals surface area contributed by atoms with E-state index in [0.717, 1.165) is 5.56 Å². The molecule has 2 amide bonds. The normalized spacial score (nSPS) is 11.6. The smallest absolute Gasteiger partial charge is 0.269 e. The maximum absolute atomic E-state index is 11.9. The van der Waals surface area contributed by atoms with Crippen molar-refractivity contribution in [1.82, 2.24) is 10.3 Å². The lowest BCUT2D eigenvalue weighted by Crippen LogP contribution is -2.31. The Morgan fingerprint density at radius 1 is 1.09 bits per heavy atom. The molecule has 2 aromatic rings. The van der Waals surface area contributed by atoms with E-state index in [1.54, 1.807) is 24.4 Å². The molecule has 114 valence electrons. The Hall–Kier alpha value is -2.69. The van der Waals surface area contributed by atoms with Gasteiger partial charge in [-0.05, 0) is 30.5 Å². The number of primary amides is 1. The van der Waals surface area contributed by atoms with Crippen molar-refractivity contribution in [2.75, 3.05) is 6.54 Å². The van der Waals surface area contributed by atoms with E-state index >= 15 is 0 Å². The molecule has 1 atom stereocenters. The maximum Gasteiger partial charge on any atom is 0.269 e. The Kier molecular flexibility index (Phi) is 5.65. The zero-order chi connectivity index (χ0) is 15.8. The van der Waals surface area contributed by atoms with Crippen LogP contribution in [0, 0.1) is 5.92 Å². The highest BCUT2D eigenvalue weighted by molar-refractivity contribution is 5.92. The summed E-state index contributed by atoms with van der Waals surface area (Å²) in [7, 11) is 0. The Balaban J connectivity index is 1.85. The van der Waals surface area contributed by atoms with E-state index in [0.29, 0.717) is 25.1 Å². The number of benzene rings is 1. The first-order chi connectivity index (χ1) is 10.7. The number of rotatable bonds is 7. The fourth-order valence-corrected chi connectivity index (χ4v) is 2.19. The van der Waals surface area contributed by atoms with E-state index in [4.69, 9.17) is 5.73 Å². The summed E-state index contributed by atoms with van der Waals surface area (Å²) in [6.07, 6.45) is 2.65. The Morgan fingerprint density at radius 3 is 2.45 bits per heavy atom. The molecule has 0 bridgehead atoms. The average molecular weight is 297 g/mol. The van der Waals surface area contributed by atoms with Crippen molar-refractivity contribution in [3.63, 3.8) is 0 Å². The van der Waals surface area contributed by atoms with Crippen LogP contribution in [0.5, 0.6) is 0 Å². The molecule has 0 saturated carbocycles. The molecule has 0 spiro atoms. The predicted octanol–water partition coefficient (Wildman–Crippen LogP) is 1.55. The van der Waals surface area contributed by atoms with Crippen LogP contribution in [0.3, 0.4) is 0 Å². The molecule has 3 N–H and O–H groups in total. The van der Waals surface area contributed by atoms with Gasteiger partial charge in [0.2, 0.25) is 5.91 Å². The number of aromatic nitrogens is 1. The lowest BCUT2D eigenvalue weighted by molar-refractivity contribution is -0.121. The molecular weight excluding hydrogens is 278 g/mol. The topological polar surface area (TPSA) is 85.1 Å². The summed E-state index contributed by atoms with van der Waals surface area (Å²) in [6.45, 7) is 0.385. The van der Waals surface area contributed by atoms with Crippen LogP contribution in [0.1, 0.15) is 22.5 Å². The molecule has 0 radical (unpaired) electrons. The van der Waals surface area contributed by atoms with Gasteiger partial charge in [-0.3, -0.25) is 14.6 Å². The third-order valence-electron chi connectivity index (χ3n) is 3.40. The standard InChI is InChI=1S/C17H19N3O2/c18-16(21)14(12-13-6-2-1-3-7-13)9-11-20-17(22)15-8-4-5-10-19-15/h1-8,10,14H,9,11-12H2,(H2,18,21)(H,20,22). The maximum atomic E-state index is 11.9. The van der Waals surface area contributed by atoms with E-state index in [1.165, 1.54) is 0 Å². The number of nitrogens with one attached hydrogen (secondary N) is 1. The largest absolute Gasteiger partial charge is 0.369 e. The van der Waals surface area contributed by atoms with Gasteiger partial charge >= 0.3 is 0 Å². The summed E-state index contributed by atoms with van der Waals surface area (Å²) in [4.78, 5) is 27.4. The third kappa shape index (κ3) is 4.70. The summed E-state index contributed by atoms with van der Waals surface area (Å²) in [5.41, 5.74) is 6.87. The van der Waals surface area contributed by atoms with Gasteiger partial charge in [0, 0.05) is 18.7 Å². The minimum Gasteiger partial charge on any atom is -0.369 e. The van der Waals surface area contributed by atoms with Crippen LogP contribution in [0.25, 0.3) is 0 Å². The molecular formula is C17H19N3O2. The van der Waals surface area contributed by atoms with Crippen molar-refractivity contribution in [3.8, 4) is 0 Å². The first-order valence-corrected chi connectivity index (χ1v) is 7.19. The van der Waals surface area contributed by atoms with Gasteiger partial charge in [-0.1, -0.05) is 36.4 Å². The average Bonchev–Trinajstić information content (AvgIpc) is 2.55. The molecule has 2 rings (SSSR count). The quantitative estimate of drug-likeness (QED) is 0.813. The SMILES string of the molecule is NC(=O)C(CCNC(=O)c1ccccn1)Cc1ccccc1. The number of hydrogen-bond acceptors (Lipinski definition) is 3. The van der Waals surface area contributed by atoms with Crippen LogP contribution in [-0.4, -0.2) is 23.3 Å². The predicted molar refractivity (Wildman–Crippen MR) is 84.0 cm³/mol. The van der Waals surface area contributed by atoms with Crippen LogP contribution >= 0.6 is 0 Å². The monoisotopic (exact) mass is 297 g/mol. The fourth-order valence-electron chi connectivity index (χ4n) is 2.19. The molecule has 0 aliphatic rings. The lowest BCUT2D eigenvalue weighted by Gasteiger charge is -2.13. The van der Waals surface area contributed by atoms with Crippen LogP contribution in [-0.2, 0) is 11.2 Å². The van der Waals surface area contributed by atoms with Crippen molar-refractivity contribution in [3.05, 3.63) is 66.0 Å². The third-order valence-corrected chi connectivity index (χ3v) is 3.40. The molecule has 5 heteroatoms. The number of nitrogens with zero attached hydrogens (tertiary/aromatic N) is 1. The van der Waals surface area contributed by atoms with Gasteiger partial charge in [0.1, 0.15) is 5.69 Å². The van der Waals surface area contributed by atoms with Crippen molar-refractivity contribution in [2.45, 2.75) is 12.8 Å². The molecule has 1 heterocycles. The number of nitrogens with two attached hydrogens (primary N) is 1. The summed E-state index contributed by atoms with van der Waals surface area (Å²) >= 11 is 0. The highest BCUT2D eigenvalue weighted by Crippen LogP contribution is 2.11. The minimum absolute atomic E-state index is 0.247. The number of carbonyl (C=O) groups is 2. The van der Waals surface area contributed by atoms with Gasteiger partial charge in [0.15, 0.2) is 0 Å². The van der Waals surface area contributed by atoms with Crippen LogP contribution in [0.15, 0.2) is 54.7 Å². The van der Waals surface area contributed by atoms with E-state index in [1.807, 2.05) is 30.3 Å². The summed E-state index contributed by atoms with van der Waals surface area (Å²) in [5, 5.41) is 2.76. The van der Waals surface area contributed by atoms with Crippen molar-refractivity contribution in [1.29, 1.82) is 0 Å². The summed E-state index contributed by atoms with van der Waals surface area (Å²) in [6, 6.07) is 14.8. The molecule has 1 unspecified atom stereocenters. The highest BCUT2D eigenvalue weighted by Gasteiger charge is 2.16. The van der Waals surface area contributed by atoms with Gasteiger partial charge in [-0.15, -0.1) is 0 Å². The Morgan fingerprint density at radius 2 is 1.82 bits per heavy atom. The van der Waals surface area contributed by atoms with E-state index in [2.05, 4.69) is 10.3 Å². The molecule has 0 fully saturated rings. The molecule has 0 aliphatic heterocycles. The van der Waals surface area contributed by atoms with Crippen molar-refractivity contribution in [2.24, 2.45) is 11.7 Å². The second-order valence-corrected chi connectivity index (χ2v) is 5.05. The van der Waals surface area contributed by atoms with E-state index < -0.39 is 0 Å².